The number of benzene rings is 1. The molecule has 1 unspecified atom stereocenters. The lowest BCUT2D eigenvalue weighted by molar-refractivity contribution is -0.154. The van der Waals surface area contributed by atoms with Crippen molar-refractivity contribution in [3.05, 3.63) is 48.2 Å². The van der Waals surface area contributed by atoms with Crippen molar-refractivity contribution in [3.63, 3.8) is 0 Å². The summed E-state index contributed by atoms with van der Waals surface area (Å²) < 4.78 is 52.4. The molecule has 2 rings (SSSR count). The van der Waals surface area contributed by atoms with Crippen LogP contribution in [0.3, 0.4) is 0 Å². The quantitative estimate of drug-likeness (QED) is 0.255. The van der Waals surface area contributed by atoms with Gasteiger partial charge in [0.15, 0.2) is 24.1 Å². The minimum atomic E-state index is -4.40. The van der Waals surface area contributed by atoms with E-state index in [1.807, 2.05) is 38.1 Å². The fourth-order valence-corrected chi connectivity index (χ4v) is 2.47. The number of methoxy groups -OCH3 is 1. The van der Waals surface area contributed by atoms with Crippen molar-refractivity contribution in [2.45, 2.75) is 32.7 Å². The second kappa shape index (κ2) is 13.9. The summed E-state index contributed by atoms with van der Waals surface area (Å²) in [7, 11) is 1.59. The average molecular weight is 568 g/mol. The van der Waals surface area contributed by atoms with Crippen LogP contribution in [0.15, 0.2) is 47.6 Å². The number of aliphatic imine (C=N–C) groups is 1. The molecular weight excluding hydrogens is 540 g/mol. The Balaban J connectivity index is 0.00000512. The Morgan fingerprint density at radius 2 is 1.84 bits per heavy atom. The van der Waals surface area contributed by atoms with Gasteiger partial charge in [-0.05, 0) is 31.5 Å². The van der Waals surface area contributed by atoms with E-state index in [2.05, 4.69) is 25.3 Å². The minimum absolute atomic E-state index is 0. The molecule has 0 spiro atoms. The molecule has 2 aromatic rings. The van der Waals surface area contributed by atoms with Crippen LogP contribution in [0.2, 0.25) is 0 Å². The van der Waals surface area contributed by atoms with Crippen LogP contribution in [-0.2, 0) is 6.54 Å². The monoisotopic (exact) mass is 568 g/mol. The van der Waals surface area contributed by atoms with Gasteiger partial charge in [-0.25, -0.2) is 9.98 Å². The molecule has 1 aromatic carbocycles. The topological polar surface area (TPSA) is 77.0 Å². The van der Waals surface area contributed by atoms with Gasteiger partial charge in [0, 0.05) is 18.8 Å². The normalized spacial score (nSPS) is 12.4. The third-order valence-corrected chi connectivity index (χ3v) is 3.90. The van der Waals surface area contributed by atoms with Gasteiger partial charge in [0.1, 0.15) is 6.10 Å². The number of hydrogen-bond donors (Lipinski definition) is 2. The summed E-state index contributed by atoms with van der Waals surface area (Å²) in [4.78, 5) is 8.34. The zero-order chi connectivity index (χ0) is 22.7. The highest BCUT2D eigenvalue weighted by Gasteiger charge is 2.28. The predicted molar refractivity (Wildman–Crippen MR) is 127 cm³/mol. The van der Waals surface area contributed by atoms with E-state index in [0.29, 0.717) is 37.1 Å². The lowest BCUT2D eigenvalue weighted by atomic mass is 10.3. The molecule has 0 aliphatic rings. The zero-order valence-electron chi connectivity index (χ0n) is 18.1. The molecule has 1 heterocycles. The first-order chi connectivity index (χ1) is 14.8. The Bertz CT molecular complexity index is 836. The Labute approximate surface area is 202 Å². The van der Waals surface area contributed by atoms with Crippen LogP contribution in [0.5, 0.6) is 17.4 Å². The van der Waals surface area contributed by atoms with E-state index in [4.69, 9.17) is 9.47 Å². The van der Waals surface area contributed by atoms with Crippen molar-refractivity contribution in [1.29, 1.82) is 0 Å². The Kier molecular flexibility index (Phi) is 12.0. The van der Waals surface area contributed by atoms with Gasteiger partial charge in [0.2, 0.25) is 5.88 Å². The summed E-state index contributed by atoms with van der Waals surface area (Å²) in [5, 5.41) is 6.33. The average Bonchev–Trinajstić information content (AvgIpc) is 2.75. The fourth-order valence-electron chi connectivity index (χ4n) is 2.47. The number of rotatable bonds is 10. The van der Waals surface area contributed by atoms with E-state index in [9.17, 15) is 13.2 Å². The Morgan fingerprint density at radius 1 is 1.12 bits per heavy atom. The number of halogens is 4. The molecule has 0 amide bonds. The van der Waals surface area contributed by atoms with E-state index < -0.39 is 12.8 Å². The number of nitrogens with one attached hydrogen (secondary N) is 2. The van der Waals surface area contributed by atoms with Crippen LogP contribution in [0, 0.1) is 0 Å². The van der Waals surface area contributed by atoms with E-state index in [-0.39, 0.29) is 36.0 Å². The van der Waals surface area contributed by atoms with Crippen molar-refractivity contribution in [2.75, 3.05) is 26.8 Å². The molecule has 0 aliphatic heterocycles. The molecule has 178 valence electrons. The van der Waals surface area contributed by atoms with Crippen LogP contribution < -0.4 is 24.8 Å². The third kappa shape index (κ3) is 10.2. The SMILES string of the molecule is CCNC(=NCc1ccc(OCC(F)(F)F)nc1)NCC(C)Oc1ccccc1OC.I. The first-order valence-electron chi connectivity index (χ1n) is 9.77. The summed E-state index contributed by atoms with van der Waals surface area (Å²) in [6.07, 6.45) is -3.12. The maximum Gasteiger partial charge on any atom is 0.422 e. The molecule has 7 nitrogen and oxygen atoms in total. The lowest BCUT2D eigenvalue weighted by Gasteiger charge is -2.19. The van der Waals surface area contributed by atoms with Crippen LogP contribution in [0.1, 0.15) is 19.4 Å². The molecule has 11 heteroatoms. The molecular formula is C21H28F3IN4O3. The zero-order valence-corrected chi connectivity index (χ0v) is 20.4. The van der Waals surface area contributed by atoms with E-state index in [0.717, 1.165) is 5.56 Å². The molecule has 1 atom stereocenters. The molecule has 0 saturated carbocycles. The molecule has 2 N–H and O–H groups in total. The fraction of sp³-hybridized carbons (Fsp3) is 0.429. The van der Waals surface area contributed by atoms with E-state index in [1.54, 1.807) is 13.2 Å². The molecule has 0 radical (unpaired) electrons. The maximum absolute atomic E-state index is 12.2. The highest BCUT2D eigenvalue weighted by Crippen LogP contribution is 2.26. The van der Waals surface area contributed by atoms with Gasteiger partial charge < -0.3 is 24.8 Å². The molecule has 32 heavy (non-hydrogen) atoms. The van der Waals surface area contributed by atoms with Gasteiger partial charge in [0.25, 0.3) is 0 Å². The van der Waals surface area contributed by atoms with Gasteiger partial charge in [0.05, 0.1) is 20.2 Å². The summed E-state index contributed by atoms with van der Waals surface area (Å²) >= 11 is 0. The van der Waals surface area contributed by atoms with Crippen LogP contribution in [0.25, 0.3) is 0 Å². The standard InChI is InChI=1S/C21H27F3N4O3.HI/c1-4-25-20(27-11-15(2)31-18-8-6-5-7-17(18)29-3)28-13-16-9-10-19(26-12-16)30-14-21(22,23)24;/h5-10,12,15H,4,11,13-14H2,1-3H3,(H2,25,27,28);1H. The summed E-state index contributed by atoms with van der Waals surface area (Å²) in [6.45, 7) is 3.94. The second-order valence-electron chi connectivity index (χ2n) is 6.56. The lowest BCUT2D eigenvalue weighted by Crippen LogP contribution is -2.41. The first-order valence-corrected chi connectivity index (χ1v) is 9.77. The molecule has 1 aromatic heterocycles. The molecule has 0 bridgehead atoms. The van der Waals surface area contributed by atoms with E-state index >= 15 is 0 Å². The number of guanidine groups is 1. The molecule has 0 fully saturated rings. The Hall–Kier alpha value is -2.44. The number of hydrogen-bond acceptors (Lipinski definition) is 5. The Morgan fingerprint density at radius 3 is 2.44 bits per heavy atom. The minimum Gasteiger partial charge on any atom is -0.493 e. The number of nitrogens with zero attached hydrogens (tertiary/aromatic N) is 2. The predicted octanol–water partition coefficient (Wildman–Crippen LogP) is 4.17. The summed E-state index contributed by atoms with van der Waals surface area (Å²) in [5.41, 5.74) is 0.731. The number of ether oxygens (including phenoxy) is 3. The highest BCUT2D eigenvalue weighted by molar-refractivity contribution is 14.0. The van der Waals surface area contributed by atoms with Crippen molar-refractivity contribution >= 4 is 29.9 Å². The van der Waals surface area contributed by atoms with Crippen LogP contribution in [0.4, 0.5) is 13.2 Å². The van der Waals surface area contributed by atoms with Crippen LogP contribution in [-0.4, -0.2) is 50.0 Å². The largest absolute Gasteiger partial charge is 0.493 e. The van der Waals surface area contributed by atoms with Crippen molar-refractivity contribution in [2.24, 2.45) is 4.99 Å². The van der Waals surface area contributed by atoms with Gasteiger partial charge in [-0.15, -0.1) is 24.0 Å². The smallest absolute Gasteiger partial charge is 0.422 e. The van der Waals surface area contributed by atoms with Gasteiger partial charge in [-0.3, -0.25) is 0 Å². The van der Waals surface area contributed by atoms with Gasteiger partial charge >= 0.3 is 6.18 Å². The van der Waals surface area contributed by atoms with Gasteiger partial charge in [-0.2, -0.15) is 13.2 Å². The molecule has 0 aliphatic carbocycles. The number of alkyl halides is 3. The highest BCUT2D eigenvalue weighted by atomic mass is 127. The summed E-state index contributed by atoms with van der Waals surface area (Å²) in [5.74, 6) is 1.80. The van der Waals surface area contributed by atoms with E-state index in [1.165, 1.54) is 12.3 Å². The van der Waals surface area contributed by atoms with Crippen molar-refractivity contribution < 1.29 is 27.4 Å². The van der Waals surface area contributed by atoms with Crippen molar-refractivity contribution in [1.82, 2.24) is 15.6 Å². The van der Waals surface area contributed by atoms with Crippen LogP contribution >= 0.6 is 24.0 Å². The van der Waals surface area contributed by atoms with Crippen molar-refractivity contribution in [3.8, 4) is 17.4 Å². The second-order valence-corrected chi connectivity index (χ2v) is 6.56. The summed E-state index contributed by atoms with van der Waals surface area (Å²) in [6, 6.07) is 10.4. The third-order valence-electron chi connectivity index (χ3n) is 3.90. The number of pyridine rings is 1. The maximum atomic E-state index is 12.2. The molecule has 0 saturated heterocycles. The van der Waals surface area contributed by atoms with Gasteiger partial charge in [-0.1, -0.05) is 18.2 Å². The number of para-hydroxylation sites is 2. The first kappa shape index (κ1) is 27.6. The number of aromatic nitrogens is 1.